The van der Waals surface area contributed by atoms with Crippen molar-refractivity contribution in [2.45, 2.75) is 12.8 Å². The minimum atomic E-state index is -0.134. The van der Waals surface area contributed by atoms with Crippen LogP contribution in [-0.2, 0) is 4.79 Å². The summed E-state index contributed by atoms with van der Waals surface area (Å²) in [4.78, 5) is 13.5. The largest absolute Gasteiger partial charge is 0.388 e. The first kappa shape index (κ1) is 13.0. The average Bonchev–Trinajstić information content (AvgIpc) is 2.26. The molecule has 1 amide bonds. The van der Waals surface area contributed by atoms with Gasteiger partial charge in [0.2, 0.25) is 5.91 Å². The smallest absolute Gasteiger partial charge is 0.229 e. The Labute approximate surface area is 105 Å². The third kappa shape index (κ3) is 2.76. The van der Waals surface area contributed by atoms with Crippen LogP contribution in [0.1, 0.15) is 18.4 Å². The number of likely N-dealkylation sites (N-methyl/N-ethyl adjacent to an activating group) is 1. The van der Waals surface area contributed by atoms with Crippen molar-refractivity contribution in [3.63, 3.8) is 0 Å². The number of nitrogens with one attached hydrogen (secondary N) is 1. The van der Waals surface area contributed by atoms with E-state index >= 15 is 0 Å². The summed E-state index contributed by atoms with van der Waals surface area (Å²) >= 11 is 3.42. The van der Waals surface area contributed by atoms with Gasteiger partial charge in [-0.15, -0.1) is 0 Å². The highest BCUT2D eigenvalue weighted by molar-refractivity contribution is 9.10. The molecule has 0 fully saturated rings. The molecule has 0 saturated carbocycles. The molecule has 0 aliphatic heterocycles. The second-order valence-corrected chi connectivity index (χ2v) is 4.85. The first-order chi connectivity index (χ1) is 7.47. The third-order valence-electron chi connectivity index (χ3n) is 2.56. The highest BCUT2D eigenvalue weighted by Gasteiger charge is 2.19. The molecule has 0 aliphatic carbocycles. The van der Waals surface area contributed by atoms with Gasteiger partial charge in [0.15, 0.2) is 0 Å². The summed E-state index contributed by atoms with van der Waals surface area (Å²) in [7, 11) is 5.41. The molecule has 1 aromatic carbocycles. The van der Waals surface area contributed by atoms with Gasteiger partial charge in [-0.05, 0) is 24.6 Å². The summed E-state index contributed by atoms with van der Waals surface area (Å²) in [5, 5.41) is 3.11. The molecule has 0 aromatic heterocycles. The topological polar surface area (TPSA) is 32.3 Å². The van der Waals surface area contributed by atoms with Gasteiger partial charge in [0, 0.05) is 31.3 Å². The lowest BCUT2D eigenvalue weighted by Crippen LogP contribution is -2.27. The van der Waals surface area contributed by atoms with E-state index in [9.17, 15) is 4.79 Å². The molecule has 1 atom stereocenters. The molecule has 88 valence electrons. The van der Waals surface area contributed by atoms with E-state index in [4.69, 9.17) is 0 Å². The van der Waals surface area contributed by atoms with Crippen LogP contribution in [0.3, 0.4) is 0 Å². The van der Waals surface area contributed by atoms with E-state index < -0.39 is 0 Å². The Kier molecular flexibility index (Phi) is 4.35. The number of carbonyl (C=O) groups is 1. The van der Waals surface area contributed by atoms with E-state index in [2.05, 4.69) is 21.2 Å². The average molecular weight is 285 g/mol. The van der Waals surface area contributed by atoms with Crippen LogP contribution >= 0.6 is 15.9 Å². The SMILES string of the molecule is CNc1cc(Br)ccc1C(C)C(=O)N(C)C. The van der Waals surface area contributed by atoms with Crippen molar-refractivity contribution in [1.29, 1.82) is 0 Å². The van der Waals surface area contributed by atoms with Crippen LogP contribution in [0.4, 0.5) is 5.69 Å². The van der Waals surface area contributed by atoms with E-state index in [1.165, 1.54) is 0 Å². The number of benzene rings is 1. The number of nitrogens with zero attached hydrogens (tertiary/aromatic N) is 1. The predicted molar refractivity (Wildman–Crippen MR) is 70.8 cm³/mol. The molecule has 0 heterocycles. The maximum atomic E-state index is 11.9. The molecule has 0 aliphatic rings. The molecule has 1 aromatic rings. The number of carbonyl (C=O) groups excluding carboxylic acids is 1. The van der Waals surface area contributed by atoms with E-state index in [0.717, 1.165) is 15.7 Å². The molecule has 4 heteroatoms. The van der Waals surface area contributed by atoms with Crippen LogP contribution in [0.2, 0.25) is 0 Å². The van der Waals surface area contributed by atoms with Crippen molar-refractivity contribution in [2.24, 2.45) is 0 Å². The van der Waals surface area contributed by atoms with Crippen molar-refractivity contribution in [3.05, 3.63) is 28.2 Å². The molecule has 0 spiro atoms. The number of hydrogen-bond acceptors (Lipinski definition) is 2. The minimum Gasteiger partial charge on any atom is -0.388 e. The van der Waals surface area contributed by atoms with Gasteiger partial charge in [-0.25, -0.2) is 0 Å². The molecule has 1 unspecified atom stereocenters. The zero-order chi connectivity index (χ0) is 12.3. The summed E-state index contributed by atoms with van der Waals surface area (Å²) in [6, 6.07) is 5.91. The summed E-state index contributed by atoms with van der Waals surface area (Å²) < 4.78 is 1.00. The Morgan fingerprint density at radius 1 is 1.44 bits per heavy atom. The van der Waals surface area contributed by atoms with E-state index in [-0.39, 0.29) is 11.8 Å². The Bertz CT molecular complexity index is 391. The molecular formula is C12H17BrN2O. The van der Waals surface area contributed by atoms with Gasteiger partial charge in [-0.3, -0.25) is 4.79 Å². The third-order valence-corrected chi connectivity index (χ3v) is 3.06. The lowest BCUT2D eigenvalue weighted by atomic mass is 9.98. The van der Waals surface area contributed by atoms with Crippen molar-refractivity contribution in [1.82, 2.24) is 4.90 Å². The van der Waals surface area contributed by atoms with Gasteiger partial charge in [0.25, 0.3) is 0 Å². The molecule has 16 heavy (non-hydrogen) atoms. The highest BCUT2D eigenvalue weighted by Crippen LogP contribution is 2.28. The number of anilines is 1. The fourth-order valence-electron chi connectivity index (χ4n) is 1.64. The van der Waals surface area contributed by atoms with Crippen LogP contribution < -0.4 is 5.32 Å². The summed E-state index contributed by atoms with van der Waals surface area (Å²) in [6.45, 7) is 1.92. The molecular weight excluding hydrogens is 268 g/mol. The summed E-state index contributed by atoms with van der Waals surface area (Å²) in [5.74, 6) is -0.0237. The fourth-order valence-corrected chi connectivity index (χ4v) is 2.00. The Hall–Kier alpha value is -1.03. The predicted octanol–water partition coefficient (Wildman–Crippen LogP) is 2.68. The standard InChI is InChI=1S/C12H17BrN2O/c1-8(12(16)15(3)4)10-6-5-9(13)7-11(10)14-2/h5-8,14H,1-4H3. The van der Waals surface area contributed by atoms with Crippen LogP contribution in [0.15, 0.2) is 22.7 Å². The fraction of sp³-hybridized carbons (Fsp3) is 0.417. The van der Waals surface area contributed by atoms with Gasteiger partial charge in [0.05, 0.1) is 5.92 Å². The zero-order valence-corrected chi connectivity index (χ0v) is 11.6. The van der Waals surface area contributed by atoms with Gasteiger partial charge in [0.1, 0.15) is 0 Å². The second kappa shape index (κ2) is 5.34. The Morgan fingerprint density at radius 2 is 2.06 bits per heavy atom. The van der Waals surface area contributed by atoms with Gasteiger partial charge in [-0.2, -0.15) is 0 Å². The van der Waals surface area contributed by atoms with Crippen LogP contribution in [0.25, 0.3) is 0 Å². The van der Waals surface area contributed by atoms with Crippen LogP contribution in [0, 0.1) is 0 Å². The van der Waals surface area contributed by atoms with Crippen molar-refractivity contribution >= 4 is 27.5 Å². The van der Waals surface area contributed by atoms with Gasteiger partial charge < -0.3 is 10.2 Å². The Balaban J connectivity index is 3.08. The lowest BCUT2D eigenvalue weighted by Gasteiger charge is -2.19. The van der Waals surface area contributed by atoms with Gasteiger partial charge >= 0.3 is 0 Å². The number of rotatable bonds is 3. The molecule has 1 N–H and O–H groups in total. The summed E-state index contributed by atoms with van der Waals surface area (Å²) in [5.41, 5.74) is 2.00. The quantitative estimate of drug-likeness (QED) is 0.926. The maximum Gasteiger partial charge on any atom is 0.229 e. The van der Waals surface area contributed by atoms with Crippen molar-refractivity contribution < 1.29 is 4.79 Å². The second-order valence-electron chi connectivity index (χ2n) is 3.94. The molecule has 1 rings (SSSR count). The van der Waals surface area contributed by atoms with E-state index in [1.807, 2.05) is 32.2 Å². The van der Waals surface area contributed by atoms with Gasteiger partial charge in [-0.1, -0.05) is 22.0 Å². The van der Waals surface area contributed by atoms with E-state index in [1.54, 1.807) is 19.0 Å². The van der Waals surface area contributed by atoms with Crippen molar-refractivity contribution in [3.8, 4) is 0 Å². The number of halogens is 1. The monoisotopic (exact) mass is 284 g/mol. The molecule has 0 radical (unpaired) electrons. The first-order valence-electron chi connectivity index (χ1n) is 5.15. The van der Waals surface area contributed by atoms with Crippen LogP contribution in [0.5, 0.6) is 0 Å². The first-order valence-corrected chi connectivity index (χ1v) is 5.95. The highest BCUT2D eigenvalue weighted by atomic mass is 79.9. The molecule has 3 nitrogen and oxygen atoms in total. The lowest BCUT2D eigenvalue weighted by molar-refractivity contribution is -0.129. The Morgan fingerprint density at radius 3 is 2.56 bits per heavy atom. The molecule has 0 bridgehead atoms. The minimum absolute atomic E-state index is 0.110. The normalized spacial score (nSPS) is 12.1. The maximum absolute atomic E-state index is 11.9. The van der Waals surface area contributed by atoms with E-state index in [0.29, 0.717) is 0 Å². The van der Waals surface area contributed by atoms with Crippen LogP contribution in [-0.4, -0.2) is 32.0 Å². The number of hydrogen-bond donors (Lipinski definition) is 1. The summed E-state index contributed by atoms with van der Waals surface area (Å²) in [6.07, 6.45) is 0. The van der Waals surface area contributed by atoms with Crippen molar-refractivity contribution in [2.75, 3.05) is 26.5 Å². The zero-order valence-electron chi connectivity index (χ0n) is 10.0. The molecule has 0 saturated heterocycles. The number of amides is 1.